The molecule has 4 aromatic carbocycles. The first-order valence-electron chi connectivity index (χ1n) is 13.9. The molecule has 2 aliphatic rings. The highest BCUT2D eigenvalue weighted by Crippen LogP contribution is 2.42. The number of fused-ring (bicyclic) bond motifs is 6. The summed E-state index contributed by atoms with van der Waals surface area (Å²) >= 11 is 0. The lowest BCUT2D eigenvalue weighted by atomic mass is 9.95. The second-order valence-electron chi connectivity index (χ2n) is 10.6. The Bertz CT molecular complexity index is 2020. The number of pyridine rings is 1. The summed E-state index contributed by atoms with van der Waals surface area (Å²) in [5.74, 6) is 3.38. The Kier molecular flexibility index (Phi) is 5.73. The van der Waals surface area contributed by atoms with Crippen LogP contribution in [0, 0.1) is 5.82 Å². The highest BCUT2D eigenvalue weighted by atomic mass is 19.1. The van der Waals surface area contributed by atoms with Crippen molar-refractivity contribution >= 4 is 21.8 Å². The van der Waals surface area contributed by atoms with Gasteiger partial charge in [0.25, 0.3) is 0 Å². The SMILES string of the molecule is COc1ccc2cc3[n+](cc2c1OCc1nc2ccccc2n1Cc1cccc(F)c1)CCc1cc2c(cc1-3)OCO2. The summed E-state index contributed by atoms with van der Waals surface area (Å²) in [6, 6.07) is 25.0. The van der Waals surface area contributed by atoms with Crippen molar-refractivity contribution in [2.75, 3.05) is 13.9 Å². The summed E-state index contributed by atoms with van der Waals surface area (Å²) in [7, 11) is 1.65. The maximum Gasteiger partial charge on any atom is 0.231 e. The van der Waals surface area contributed by atoms with Crippen LogP contribution in [0.15, 0.2) is 85.1 Å². The highest BCUT2D eigenvalue weighted by Gasteiger charge is 2.29. The second kappa shape index (κ2) is 9.76. The number of aromatic nitrogens is 3. The van der Waals surface area contributed by atoms with E-state index >= 15 is 0 Å². The first kappa shape index (κ1) is 24.7. The molecule has 2 aromatic heterocycles. The normalized spacial score (nSPS) is 13.3. The number of methoxy groups -OCH3 is 1. The molecule has 208 valence electrons. The van der Waals surface area contributed by atoms with Crippen molar-refractivity contribution in [3.8, 4) is 34.3 Å². The number of benzene rings is 4. The Morgan fingerprint density at radius 3 is 2.74 bits per heavy atom. The molecule has 4 heterocycles. The first-order chi connectivity index (χ1) is 20.6. The molecule has 2 aliphatic heterocycles. The first-order valence-corrected chi connectivity index (χ1v) is 13.9. The number of aryl methyl sites for hydroxylation is 2. The molecule has 0 aliphatic carbocycles. The van der Waals surface area contributed by atoms with E-state index in [4.69, 9.17) is 23.9 Å². The highest BCUT2D eigenvalue weighted by molar-refractivity contribution is 5.91. The van der Waals surface area contributed by atoms with Gasteiger partial charge in [0.1, 0.15) is 18.2 Å². The van der Waals surface area contributed by atoms with E-state index in [1.165, 1.54) is 11.6 Å². The average Bonchev–Trinajstić information content (AvgIpc) is 3.61. The number of ether oxygens (including phenoxy) is 4. The Labute approximate surface area is 241 Å². The number of rotatable bonds is 6. The molecule has 0 saturated heterocycles. The molecule has 0 amide bonds. The molecule has 0 atom stereocenters. The third kappa shape index (κ3) is 4.10. The lowest BCUT2D eigenvalue weighted by Crippen LogP contribution is -2.40. The molecule has 0 fully saturated rings. The van der Waals surface area contributed by atoms with Gasteiger partial charge in [0.2, 0.25) is 12.5 Å². The van der Waals surface area contributed by atoms with Gasteiger partial charge in [0.05, 0.1) is 29.1 Å². The Hall–Kier alpha value is -5.11. The summed E-state index contributed by atoms with van der Waals surface area (Å²) in [6.07, 6.45) is 3.03. The van der Waals surface area contributed by atoms with Gasteiger partial charge in [-0.25, -0.2) is 9.37 Å². The third-order valence-corrected chi connectivity index (χ3v) is 8.11. The number of hydrogen-bond donors (Lipinski definition) is 0. The van der Waals surface area contributed by atoms with E-state index in [0.717, 1.165) is 68.9 Å². The molecule has 0 bridgehead atoms. The lowest BCUT2D eigenvalue weighted by molar-refractivity contribution is -0.686. The second-order valence-corrected chi connectivity index (χ2v) is 10.6. The van der Waals surface area contributed by atoms with Crippen molar-refractivity contribution in [1.29, 1.82) is 0 Å². The molecule has 42 heavy (non-hydrogen) atoms. The maximum absolute atomic E-state index is 14.0. The lowest BCUT2D eigenvalue weighted by Gasteiger charge is -2.18. The number of hydrogen-bond acceptors (Lipinski definition) is 5. The summed E-state index contributed by atoms with van der Waals surface area (Å²) < 4.78 is 41.9. The fourth-order valence-corrected chi connectivity index (χ4v) is 6.07. The monoisotopic (exact) mass is 560 g/mol. The van der Waals surface area contributed by atoms with Gasteiger partial charge in [-0.15, -0.1) is 0 Å². The van der Waals surface area contributed by atoms with Crippen molar-refractivity contribution in [2.24, 2.45) is 0 Å². The molecule has 8 heteroatoms. The van der Waals surface area contributed by atoms with E-state index in [1.54, 1.807) is 19.2 Å². The quantitative estimate of drug-likeness (QED) is 0.227. The molecular formula is C34H27FN3O4+. The molecule has 0 N–H and O–H groups in total. The number of halogens is 1. The van der Waals surface area contributed by atoms with Crippen LogP contribution in [0.1, 0.15) is 17.0 Å². The van der Waals surface area contributed by atoms with E-state index in [0.29, 0.717) is 18.0 Å². The van der Waals surface area contributed by atoms with Crippen LogP contribution in [-0.4, -0.2) is 23.5 Å². The van der Waals surface area contributed by atoms with E-state index in [-0.39, 0.29) is 19.2 Å². The van der Waals surface area contributed by atoms with Gasteiger partial charge in [-0.05, 0) is 65.0 Å². The van der Waals surface area contributed by atoms with Gasteiger partial charge in [0, 0.05) is 19.0 Å². The molecule has 6 aromatic rings. The molecule has 0 spiro atoms. The molecule has 0 unspecified atom stereocenters. The van der Waals surface area contributed by atoms with Gasteiger partial charge >= 0.3 is 0 Å². The van der Waals surface area contributed by atoms with Crippen LogP contribution < -0.4 is 23.5 Å². The summed E-state index contributed by atoms with van der Waals surface area (Å²) in [4.78, 5) is 4.88. The molecule has 7 nitrogen and oxygen atoms in total. The fraction of sp³-hybridized carbons (Fsp3) is 0.176. The van der Waals surface area contributed by atoms with Crippen LogP contribution in [0.4, 0.5) is 4.39 Å². The zero-order chi connectivity index (χ0) is 28.2. The third-order valence-electron chi connectivity index (χ3n) is 8.11. The molecule has 0 radical (unpaired) electrons. The van der Waals surface area contributed by atoms with E-state index in [2.05, 4.69) is 39.6 Å². The van der Waals surface area contributed by atoms with Gasteiger partial charge < -0.3 is 23.5 Å². The minimum absolute atomic E-state index is 0.216. The van der Waals surface area contributed by atoms with Crippen LogP contribution in [0.3, 0.4) is 0 Å². The standard InChI is InChI=1S/C34H27FN3O4/c1-39-30-10-9-22-14-29-25-16-32-31(41-20-42-32)15-23(25)11-12-37(29)18-26(22)34(30)40-19-33-36-27-7-2-3-8-28(27)38(33)17-21-5-4-6-24(35)13-21/h2-10,13-16,18H,11-12,17,19-20H2,1H3/q+1. The van der Waals surface area contributed by atoms with Crippen LogP contribution in [-0.2, 0) is 26.1 Å². The largest absolute Gasteiger partial charge is 0.493 e. The zero-order valence-corrected chi connectivity index (χ0v) is 23.0. The van der Waals surface area contributed by atoms with Crippen LogP contribution in [0.5, 0.6) is 23.0 Å². The smallest absolute Gasteiger partial charge is 0.231 e. The van der Waals surface area contributed by atoms with Gasteiger partial charge in [-0.1, -0.05) is 24.3 Å². The van der Waals surface area contributed by atoms with Crippen molar-refractivity contribution in [1.82, 2.24) is 9.55 Å². The molecular weight excluding hydrogens is 533 g/mol. The number of nitrogens with zero attached hydrogens (tertiary/aromatic N) is 3. The van der Waals surface area contributed by atoms with Crippen molar-refractivity contribution in [3.63, 3.8) is 0 Å². The van der Waals surface area contributed by atoms with Gasteiger partial charge in [0.15, 0.2) is 35.7 Å². The number of imidazole rings is 1. The van der Waals surface area contributed by atoms with E-state index in [9.17, 15) is 4.39 Å². The van der Waals surface area contributed by atoms with E-state index < -0.39 is 0 Å². The fourth-order valence-electron chi connectivity index (χ4n) is 6.07. The summed E-state index contributed by atoms with van der Waals surface area (Å²) in [6.45, 7) is 1.78. The predicted octanol–water partition coefficient (Wildman–Crippen LogP) is 6.20. The Morgan fingerprint density at radius 1 is 0.976 bits per heavy atom. The van der Waals surface area contributed by atoms with Crippen LogP contribution >= 0.6 is 0 Å². The zero-order valence-electron chi connectivity index (χ0n) is 23.0. The van der Waals surface area contributed by atoms with E-state index in [1.807, 2.05) is 36.4 Å². The summed E-state index contributed by atoms with van der Waals surface area (Å²) in [5, 5.41) is 1.99. The van der Waals surface area contributed by atoms with Crippen LogP contribution in [0.2, 0.25) is 0 Å². The van der Waals surface area contributed by atoms with Crippen molar-refractivity contribution < 1.29 is 27.9 Å². The summed E-state index contributed by atoms with van der Waals surface area (Å²) in [5.41, 5.74) is 6.21. The molecule has 0 saturated carbocycles. The van der Waals surface area contributed by atoms with Crippen molar-refractivity contribution in [2.45, 2.75) is 26.1 Å². The van der Waals surface area contributed by atoms with Crippen molar-refractivity contribution in [3.05, 3.63) is 108 Å². The van der Waals surface area contributed by atoms with Gasteiger partial charge in [-0.2, -0.15) is 4.57 Å². The Balaban J connectivity index is 1.18. The van der Waals surface area contributed by atoms with Crippen LogP contribution in [0.25, 0.3) is 33.1 Å². The Morgan fingerprint density at radius 2 is 1.86 bits per heavy atom. The minimum atomic E-state index is -0.260. The number of para-hydroxylation sites is 2. The topological polar surface area (TPSA) is 58.6 Å². The minimum Gasteiger partial charge on any atom is -0.493 e. The predicted molar refractivity (Wildman–Crippen MR) is 156 cm³/mol. The maximum atomic E-state index is 14.0. The van der Waals surface area contributed by atoms with Gasteiger partial charge in [-0.3, -0.25) is 0 Å². The molecule has 8 rings (SSSR count). The average molecular weight is 561 g/mol.